The second-order valence-electron chi connectivity index (χ2n) is 2.61. The Labute approximate surface area is 58.6 Å². The quantitative estimate of drug-likeness (QED) is 0.564. The first kappa shape index (κ1) is 8.96. The first-order valence-corrected chi connectivity index (χ1v) is 3.86. The van der Waals surface area contributed by atoms with E-state index in [-0.39, 0.29) is 6.04 Å². The highest BCUT2D eigenvalue weighted by Gasteiger charge is 1.92. The van der Waals surface area contributed by atoms with Gasteiger partial charge in [-0.25, -0.2) is 0 Å². The van der Waals surface area contributed by atoms with Crippen LogP contribution in [0.25, 0.3) is 0 Å². The molecule has 1 radical (unpaired) electrons. The molecule has 0 aromatic carbocycles. The summed E-state index contributed by atoms with van der Waals surface area (Å²) in [6, 6.07) is 0.154. The SMILES string of the molecule is [CH2]C(N)CCCCCC. The van der Waals surface area contributed by atoms with Crippen molar-refractivity contribution in [2.75, 3.05) is 0 Å². The summed E-state index contributed by atoms with van der Waals surface area (Å²) >= 11 is 0. The molecule has 55 valence electrons. The van der Waals surface area contributed by atoms with Gasteiger partial charge in [0.15, 0.2) is 0 Å². The number of hydrogen-bond donors (Lipinski definition) is 1. The van der Waals surface area contributed by atoms with E-state index < -0.39 is 0 Å². The fourth-order valence-electron chi connectivity index (χ4n) is 0.833. The van der Waals surface area contributed by atoms with Gasteiger partial charge in [-0.15, -0.1) is 0 Å². The number of unbranched alkanes of at least 4 members (excludes halogenated alkanes) is 3. The summed E-state index contributed by atoms with van der Waals surface area (Å²) in [5, 5.41) is 0. The van der Waals surface area contributed by atoms with Crippen LogP contribution in [-0.4, -0.2) is 6.04 Å². The Hall–Kier alpha value is -0.0400. The van der Waals surface area contributed by atoms with Gasteiger partial charge in [0.2, 0.25) is 0 Å². The van der Waals surface area contributed by atoms with Crippen molar-refractivity contribution in [2.24, 2.45) is 5.73 Å². The molecule has 1 unspecified atom stereocenters. The van der Waals surface area contributed by atoms with Crippen molar-refractivity contribution in [2.45, 2.75) is 45.1 Å². The standard InChI is InChI=1S/C8H18N/c1-3-4-5-6-7-8(2)9/h8H,2-7,9H2,1H3. The van der Waals surface area contributed by atoms with Gasteiger partial charge in [-0.2, -0.15) is 0 Å². The molecular formula is C8H18N. The molecule has 1 heteroatoms. The van der Waals surface area contributed by atoms with Crippen molar-refractivity contribution in [3.63, 3.8) is 0 Å². The smallest absolute Gasteiger partial charge is 0.00394 e. The van der Waals surface area contributed by atoms with Crippen LogP contribution in [0.5, 0.6) is 0 Å². The molecule has 1 atom stereocenters. The molecule has 0 aromatic rings. The van der Waals surface area contributed by atoms with E-state index in [0.717, 1.165) is 6.42 Å². The minimum atomic E-state index is 0.154. The van der Waals surface area contributed by atoms with Crippen molar-refractivity contribution in [3.8, 4) is 0 Å². The van der Waals surface area contributed by atoms with Crippen LogP contribution in [0.2, 0.25) is 0 Å². The van der Waals surface area contributed by atoms with Gasteiger partial charge in [-0.3, -0.25) is 0 Å². The maximum absolute atomic E-state index is 5.46. The highest BCUT2D eigenvalue weighted by Crippen LogP contribution is 2.02. The van der Waals surface area contributed by atoms with E-state index in [4.69, 9.17) is 5.73 Å². The lowest BCUT2D eigenvalue weighted by atomic mass is 10.1. The third-order valence-electron chi connectivity index (χ3n) is 1.43. The van der Waals surface area contributed by atoms with E-state index in [0.29, 0.717) is 0 Å². The average molecular weight is 128 g/mol. The molecule has 0 spiro atoms. The molecule has 0 fully saturated rings. The molecule has 0 rings (SSSR count). The third kappa shape index (κ3) is 7.96. The summed E-state index contributed by atoms with van der Waals surface area (Å²) in [5.74, 6) is 0. The van der Waals surface area contributed by atoms with E-state index in [1.807, 2.05) is 0 Å². The number of hydrogen-bond acceptors (Lipinski definition) is 1. The second kappa shape index (κ2) is 6.09. The average Bonchev–Trinajstić information content (AvgIpc) is 1.80. The van der Waals surface area contributed by atoms with Crippen LogP contribution in [0.15, 0.2) is 0 Å². The first-order chi connectivity index (χ1) is 4.27. The van der Waals surface area contributed by atoms with Crippen LogP contribution in [0.3, 0.4) is 0 Å². The lowest BCUT2D eigenvalue weighted by molar-refractivity contribution is 0.598. The maximum Gasteiger partial charge on any atom is 0.00394 e. The lowest BCUT2D eigenvalue weighted by Crippen LogP contribution is -2.14. The monoisotopic (exact) mass is 128 g/mol. The molecule has 0 saturated heterocycles. The second-order valence-corrected chi connectivity index (χ2v) is 2.61. The fourth-order valence-corrected chi connectivity index (χ4v) is 0.833. The van der Waals surface area contributed by atoms with Crippen LogP contribution < -0.4 is 5.73 Å². The molecule has 0 heterocycles. The van der Waals surface area contributed by atoms with Gasteiger partial charge in [-0.05, 0) is 13.3 Å². The molecule has 0 bridgehead atoms. The molecule has 9 heavy (non-hydrogen) atoms. The van der Waals surface area contributed by atoms with E-state index in [9.17, 15) is 0 Å². The van der Waals surface area contributed by atoms with Gasteiger partial charge in [0.25, 0.3) is 0 Å². The van der Waals surface area contributed by atoms with Gasteiger partial charge in [0.1, 0.15) is 0 Å². The van der Waals surface area contributed by atoms with Crippen LogP contribution >= 0.6 is 0 Å². The summed E-state index contributed by atoms with van der Waals surface area (Å²) in [6.45, 7) is 5.93. The summed E-state index contributed by atoms with van der Waals surface area (Å²) in [7, 11) is 0. The Bertz CT molecular complexity index is 50.5. The Kier molecular flexibility index (Phi) is 6.06. The van der Waals surface area contributed by atoms with Crippen molar-refractivity contribution < 1.29 is 0 Å². The zero-order valence-electron chi connectivity index (χ0n) is 6.40. The zero-order chi connectivity index (χ0) is 7.11. The summed E-state index contributed by atoms with van der Waals surface area (Å²) in [5.41, 5.74) is 5.46. The van der Waals surface area contributed by atoms with E-state index >= 15 is 0 Å². The van der Waals surface area contributed by atoms with E-state index in [2.05, 4.69) is 13.8 Å². The normalized spacial score (nSPS) is 13.7. The van der Waals surface area contributed by atoms with Crippen LogP contribution in [0.1, 0.15) is 39.0 Å². The predicted octanol–water partition coefficient (Wildman–Crippen LogP) is 2.12. The summed E-state index contributed by atoms with van der Waals surface area (Å²) < 4.78 is 0. The number of rotatable bonds is 5. The minimum absolute atomic E-state index is 0.154. The molecule has 0 aromatic heterocycles. The van der Waals surface area contributed by atoms with E-state index in [1.54, 1.807) is 0 Å². The molecular weight excluding hydrogens is 110 g/mol. The molecule has 1 nitrogen and oxygen atoms in total. The Balaban J connectivity index is 2.75. The largest absolute Gasteiger partial charge is 0.328 e. The highest BCUT2D eigenvalue weighted by atomic mass is 14.6. The highest BCUT2D eigenvalue weighted by molar-refractivity contribution is 4.61. The summed E-state index contributed by atoms with van der Waals surface area (Å²) in [6.07, 6.45) is 6.29. The molecule has 0 aliphatic carbocycles. The van der Waals surface area contributed by atoms with Gasteiger partial charge in [0, 0.05) is 6.04 Å². The topological polar surface area (TPSA) is 26.0 Å². The molecule has 0 aliphatic heterocycles. The third-order valence-corrected chi connectivity index (χ3v) is 1.43. The molecule has 2 N–H and O–H groups in total. The van der Waals surface area contributed by atoms with Crippen molar-refractivity contribution >= 4 is 0 Å². The van der Waals surface area contributed by atoms with Crippen molar-refractivity contribution in [3.05, 3.63) is 6.92 Å². The lowest BCUT2D eigenvalue weighted by Gasteiger charge is -2.02. The maximum atomic E-state index is 5.46. The van der Waals surface area contributed by atoms with Crippen LogP contribution in [-0.2, 0) is 0 Å². The van der Waals surface area contributed by atoms with Crippen molar-refractivity contribution in [1.29, 1.82) is 0 Å². The van der Waals surface area contributed by atoms with E-state index in [1.165, 1.54) is 25.7 Å². The minimum Gasteiger partial charge on any atom is -0.328 e. The van der Waals surface area contributed by atoms with Gasteiger partial charge >= 0.3 is 0 Å². The van der Waals surface area contributed by atoms with Gasteiger partial charge in [0.05, 0.1) is 0 Å². The zero-order valence-corrected chi connectivity index (χ0v) is 6.40. The fraction of sp³-hybridized carbons (Fsp3) is 0.875. The predicted molar refractivity (Wildman–Crippen MR) is 42.1 cm³/mol. The Morgan fingerprint density at radius 3 is 2.44 bits per heavy atom. The summed E-state index contributed by atoms with van der Waals surface area (Å²) in [4.78, 5) is 0. The first-order valence-electron chi connectivity index (χ1n) is 3.86. The molecule has 0 amide bonds. The number of nitrogens with two attached hydrogens (primary N) is 1. The van der Waals surface area contributed by atoms with Gasteiger partial charge in [-0.1, -0.05) is 32.6 Å². The Morgan fingerprint density at radius 2 is 2.00 bits per heavy atom. The molecule has 0 aliphatic rings. The Morgan fingerprint density at radius 1 is 1.33 bits per heavy atom. The van der Waals surface area contributed by atoms with Crippen LogP contribution in [0.4, 0.5) is 0 Å². The van der Waals surface area contributed by atoms with Crippen LogP contribution in [0, 0.1) is 6.92 Å². The molecule has 0 saturated carbocycles. The van der Waals surface area contributed by atoms with Gasteiger partial charge < -0.3 is 5.73 Å². The van der Waals surface area contributed by atoms with Crippen molar-refractivity contribution in [1.82, 2.24) is 0 Å².